The highest BCUT2D eigenvalue weighted by molar-refractivity contribution is 5.82. The van der Waals surface area contributed by atoms with E-state index in [1.807, 2.05) is 0 Å². The smallest absolute Gasteiger partial charge is 0.237 e. The van der Waals surface area contributed by atoms with Crippen molar-refractivity contribution in [3.05, 3.63) is 0 Å². The van der Waals surface area contributed by atoms with E-state index in [9.17, 15) is 4.79 Å². The molecule has 0 spiro atoms. The minimum absolute atomic E-state index is 0.0368. The second-order valence-electron chi connectivity index (χ2n) is 5.82. The van der Waals surface area contributed by atoms with E-state index in [1.165, 1.54) is 0 Å². The monoisotopic (exact) mass is 256 g/mol. The SMILES string of the molecule is COCCCCCNC(=O)C1NCCCC1(C)C. The Morgan fingerprint density at radius 3 is 2.83 bits per heavy atom. The van der Waals surface area contributed by atoms with Gasteiger partial charge in [-0.15, -0.1) is 0 Å². The first-order chi connectivity index (χ1) is 8.58. The Labute approximate surface area is 111 Å². The Morgan fingerprint density at radius 2 is 2.17 bits per heavy atom. The molecule has 4 heteroatoms. The quantitative estimate of drug-likeness (QED) is 0.682. The van der Waals surface area contributed by atoms with Gasteiger partial charge in [0.15, 0.2) is 0 Å². The van der Waals surface area contributed by atoms with Crippen LogP contribution in [0.2, 0.25) is 0 Å². The van der Waals surface area contributed by atoms with Gasteiger partial charge >= 0.3 is 0 Å². The van der Waals surface area contributed by atoms with Crippen molar-refractivity contribution in [3.63, 3.8) is 0 Å². The van der Waals surface area contributed by atoms with Crippen LogP contribution in [0.1, 0.15) is 46.0 Å². The minimum atomic E-state index is -0.0368. The molecule has 0 saturated carbocycles. The van der Waals surface area contributed by atoms with Gasteiger partial charge in [0, 0.05) is 20.3 Å². The fourth-order valence-corrected chi connectivity index (χ4v) is 2.52. The molecular weight excluding hydrogens is 228 g/mol. The summed E-state index contributed by atoms with van der Waals surface area (Å²) < 4.78 is 4.99. The van der Waals surface area contributed by atoms with E-state index in [1.54, 1.807) is 7.11 Å². The number of unbranched alkanes of at least 4 members (excludes halogenated alkanes) is 2. The maximum absolute atomic E-state index is 12.1. The average Bonchev–Trinajstić information content (AvgIpc) is 2.32. The van der Waals surface area contributed by atoms with Crippen molar-refractivity contribution in [2.24, 2.45) is 5.41 Å². The molecule has 1 amide bonds. The maximum Gasteiger partial charge on any atom is 0.237 e. The third kappa shape index (κ3) is 4.94. The third-order valence-electron chi connectivity index (χ3n) is 3.71. The molecule has 1 aliphatic rings. The molecule has 1 heterocycles. The van der Waals surface area contributed by atoms with Gasteiger partial charge in [0.1, 0.15) is 0 Å². The van der Waals surface area contributed by atoms with Crippen molar-refractivity contribution in [2.45, 2.75) is 52.0 Å². The number of hydrogen-bond donors (Lipinski definition) is 2. The number of rotatable bonds is 7. The zero-order chi connectivity index (χ0) is 13.4. The van der Waals surface area contributed by atoms with Crippen LogP contribution in [0, 0.1) is 5.41 Å². The molecule has 0 aromatic rings. The van der Waals surface area contributed by atoms with Gasteiger partial charge in [-0.3, -0.25) is 4.79 Å². The number of ether oxygens (including phenoxy) is 1. The molecule has 0 aliphatic carbocycles. The third-order valence-corrected chi connectivity index (χ3v) is 3.71. The number of carbonyl (C=O) groups excluding carboxylic acids is 1. The van der Waals surface area contributed by atoms with Gasteiger partial charge in [0.2, 0.25) is 5.91 Å². The van der Waals surface area contributed by atoms with Crippen LogP contribution in [0.4, 0.5) is 0 Å². The molecule has 4 nitrogen and oxygen atoms in total. The van der Waals surface area contributed by atoms with Crippen LogP contribution < -0.4 is 10.6 Å². The number of carbonyl (C=O) groups is 1. The second-order valence-corrected chi connectivity index (χ2v) is 5.82. The van der Waals surface area contributed by atoms with E-state index in [0.717, 1.165) is 51.8 Å². The first kappa shape index (κ1) is 15.4. The fraction of sp³-hybridized carbons (Fsp3) is 0.929. The predicted molar refractivity (Wildman–Crippen MR) is 73.5 cm³/mol. The van der Waals surface area contributed by atoms with E-state index < -0.39 is 0 Å². The summed E-state index contributed by atoms with van der Waals surface area (Å²) in [5.74, 6) is 0.159. The summed E-state index contributed by atoms with van der Waals surface area (Å²) in [6.45, 7) is 6.88. The zero-order valence-corrected chi connectivity index (χ0v) is 12.1. The van der Waals surface area contributed by atoms with Gasteiger partial charge in [-0.2, -0.15) is 0 Å². The van der Waals surface area contributed by atoms with Gasteiger partial charge in [0.05, 0.1) is 6.04 Å². The van der Waals surface area contributed by atoms with Crippen LogP contribution in [0.5, 0.6) is 0 Å². The average molecular weight is 256 g/mol. The first-order valence-corrected chi connectivity index (χ1v) is 7.08. The number of methoxy groups -OCH3 is 1. The standard InChI is InChI=1S/C14H28N2O2/c1-14(2)8-7-10-15-12(14)13(17)16-9-5-4-6-11-18-3/h12,15H,4-11H2,1-3H3,(H,16,17). The molecule has 18 heavy (non-hydrogen) atoms. The highest BCUT2D eigenvalue weighted by Gasteiger charge is 2.36. The van der Waals surface area contributed by atoms with Crippen molar-refractivity contribution in [3.8, 4) is 0 Å². The molecule has 1 unspecified atom stereocenters. The van der Waals surface area contributed by atoms with Gasteiger partial charge in [-0.1, -0.05) is 13.8 Å². The van der Waals surface area contributed by atoms with Crippen molar-refractivity contribution in [2.75, 3.05) is 26.8 Å². The lowest BCUT2D eigenvalue weighted by Gasteiger charge is -2.38. The lowest BCUT2D eigenvalue weighted by Crippen LogP contribution is -2.55. The Balaban J connectivity index is 2.19. The summed E-state index contributed by atoms with van der Waals surface area (Å²) in [5, 5.41) is 6.38. The minimum Gasteiger partial charge on any atom is -0.385 e. The number of piperidine rings is 1. The highest BCUT2D eigenvalue weighted by atomic mass is 16.5. The highest BCUT2D eigenvalue weighted by Crippen LogP contribution is 2.29. The van der Waals surface area contributed by atoms with Crippen molar-refractivity contribution >= 4 is 5.91 Å². The molecule has 1 fully saturated rings. The number of hydrogen-bond acceptors (Lipinski definition) is 3. The van der Waals surface area contributed by atoms with E-state index >= 15 is 0 Å². The molecular formula is C14H28N2O2. The van der Waals surface area contributed by atoms with Crippen LogP contribution in [-0.2, 0) is 9.53 Å². The molecule has 1 aliphatic heterocycles. The Hall–Kier alpha value is -0.610. The molecule has 0 bridgehead atoms. The molecule has 1 rings (SSSR count). The Kier molecular flexibility index (Phi) is 6.65. The molecule has 2 N–H and O–H groups in total. The molecule has 1 saturated heterocycles. The van der Waals surface area contributed by atoms with Crippen LogP contribution >= 0.6 is 0 Å². The molecule has 1 atom stereocenters. The molecule has 0 radical (unpaired) electrons. The van der Waals surface area contributed by atoms with Crippen LogP contribution in [0.15, 0.2) is 0 Å². The topological polar surface area (TPSA) is 50.4 Å². The van der Waals surface area contributed by atoms with E-state index in [2.05, 4.69) is 24.5 Å². The molecule has 106 valence electrons. The van der Waals surface area contributed by atoms with Crippen molar-refractivity contribution < 1.29 is 9.53 Å². The summed E-state index contributed by atoms with van der Waals surface area (Å²) in [5.41, 5.74) is 0.0678. The van der Waals surface area contributed by atoms with Gasteiger partial charge in [0.25, 0.3) is 0 Å². The summed E-state index contributed by atoms with van der Waals surface area (Å²) in [6.07, 6.45) is 5.48. The maximum atomic E-state index is 12.1. The summed E-state index contributed by atoms with van der Waals surface area (Å²) in [4.78, 5) is 12.1. The van der Waals surface area contributed by atoms with Crippen LogP contribution in [0.25, 0.3) is 0 Å². The van der Waals surface area contributed by atoms with Crippen LogP contribution in [0.3, 0.4) is 0 Å². The Morgan fingerprint density at radius 1 is 1.39 bits per heavy atom. The first-order valence-electron chi connectivity index (χ1n) is 7.08. The summed E-state index contributed by atoms with van der Waals surface area (Å²) in [7, 11) is 1.72. The summed E-state index contributed by atoms with van der Waals surface area (Å²) in [6, 6.07) is -0.0368. The van der Waals surface area contributed by atoms with Crippen molar-refractivity contribution in [1.82, 2.24) is 10.6 Å². The van der Waals surface area contributed by atoms with E-state index in [-0.39, 0.29) is 17.4 Å². The molecule has 0 aromatic carbocycles. The van der Waals surface area contributed by atoms with E-state index in [4.69, 9.17) is 4.74 Å². The summed E-state index contributed by atoms with van der Waals surface area (Å²) >= 11 is 0. The van der Waals surface area contributed by atoms with Crippen LogP contribution in [-0.4, -0.2) is 38.8 Å². The second kappa shape index (κ2) is 7.74. The number of nitrogens with one attached hydrogen (secondary N) is 2. The fourth-order valence-electron chi connectivity index (χ4n) is 2.52. The van der Waals surface area contributed by atoms with Gasteiger partial charge in [-0.05, 0) is 44.1 Å². The number of amides is 1. The van der Waals surface area contributed by atoms with E-state index in [0.29, 0.717) is 0 Å². The Bertz CT molecular complexity index is 254. The normalized spacial score (nSPS) is 22.7. The lowest BCUT2D eigenvalue weighted by atomic mass is 9.77. The van der Waals surface area contributed by atoms with Gasteiger partial charge < -0.3 is 15.4 Å². The predicted octanol–water partition coefficient (Wildman–Crippen LogP) is 1.70. The lowest BCUT2D eigenvalue weighted by molar-refractivity contribution is -0.126. The largest absolute Gasteiger partial charge is 0.385 e. The zero-order valence-electron chi connectivity index (χ0n) is 12.1. The molecule has 0 aromatic heterocycles. The van der Waals surface area contributed by atoms with Gasteiger partial charge in [-0.25, -0.2) is 0 Å². The van der Waals surface area contributed by atoms with Crippen molar-refractivity contribution in [1.29, 1.82) is 0 Å².